The Labute approximate surface area is 207 Å². The van der Waals surface area contributed by atoms with E-state index in [0.29, 0.717) is 13.2 Å². The van der Waals surface area contributed by atoms with Crippen LogP contribution in [-0.2, 0) is 5.41 Å². The average molecular weight is 652 g/mol. The molecule has 0 saturated carbocycles. The minimum absolute atomic E-state index is 0.241. The van der Waals surface area contributed by atoms with Crippen LogP contribution in [0.15, 0.2) is 67.5 Å². The fourth-order valence-corrected chi connectivity index (χ4v) is 5.60. The summed E-state index contributed by atoms with van der Waals surface area (Å²) in [5, 5.41) is 0. The zero-order chi connectivity index (χ0) is 21.6. The molecule has 0 amide bonds. The molecule has 0 spiro atoms. The van der Waals surface area contributed by atoms with Gasteiger partial charge in [0.05, 0.1) is 31.1 Å². The van der Waals surface area contributed by atoms with Crippen LogP contribution in [0.25, 0.3) is 0 Å². The zero-order valence-electron chi connectivity index (χ0n) is 16.5. The van der Waals surface area contributed by atoms with Crippen molar-refractivity contribution in [1.82, 2.24) is 0 Å². The van der Waals surface area contributed by atoms with E-state index in [1.807, 2.05) is 12.2 Å². The van der Waals surface area contributed by atoms with Crippen molar-refractivity contribution < 1.29 is 9.47 Å². The number of halogens is 4. The first-order valence-electron chi connectivity index (χ1n) is 9.18. The third-order valence-electron chi connectivity index (χ3n) is 4.58. The number of ether oxygens (including phenoxy) is 2. The molecular formula is C23H24Br4O2. The second-order valence-corrected chi connectivity index (χ2v) is 10.4. The second kappa shape index (κ2) is 11.2. The van der Waals surface area contributed by atoms with Crippen molar-refractivity contribution in [3.63, 3.8) is 0 Å². The van der Waals surface area contributed by atoms with Crippen LogP contribution in [0.1, 0.15) is 37.8 Å². The predicted molar refractivity (Wildman–Crippen MR) is 136 cm³/mol. The summed E-state index contributed by atoms with van der Waals surface area (Å²) in [6.45, 7) is 13.1. The van der Waals surface area contributed by atoms with Gasteiger partial charge in [-0.15, -0.1) is 13.2 Å². The van der Waals surface area contributed by atoms with E-state index < -0.39 is 0 Å². The van der Waals surface area contributed by atoms with Crippen LogP contribution >= 0.6 is 63.7 Å². The first kappa shape index (κ1) is 24.7. The highest BCUT2D eigenvalue weighted by Crippen LogP contribution is 2.44. The SMILES string of the molecule is C=CCCOc1c(Br)cc(C(C)(C)c2cc(Br)c(OCCC=C)c(Br)c2)cc1Br. The second-order valence-electron chi connectivity index (χ2n) is 7.01. The van der Waals surface area contributed by atoms with E-state index in [9.17, 15) is 0 Å². The molecule has 6 heteroatoms. The van der Waals surface area contributed by atoms with E-state index >= 15 is 0 Å². The lowest BCUT2D eigenvalue weighted by Crippen LogP contribution is -2.19. The van der Waals surface area contributed by atoms with Crippen LogP contribution in [0.5, 0.6) is 11.5 Å². The Morgan fingerprint density at radius 1 is 0.724 bits per heavy atom. The molecular weight excluding hydrogens is 628 g/mol. The van der Waals surface area contributed by atoms with Crippen LogP contribution < -0.4 is 9.47 Å². The van der Waals surface area contributed by atoms with Crippen molar-refractivity contribution in [2.45, 2.75) is 32.1 Å². The zero-order valence-corrected chi connectivity index (χ0v) is 22.9. The van der Waals surface area contributed by atoms with Gasteiger partial charge in [0.25, 0.3) is 0 Å². The topological polar surface area (TPSA) is 18.5 Å². The largest absolute Gasteiger partial charge is 0.491 e. The first-order chi connectivity index (χ1) is 13.7. The van der Waals surface area contributed by atoms with Gasteiger partial charge >= 0.3 is 0 Å². The van der Waals surface area contributed by atoms with Crippen molar-refractivity contribution in [1.29, 1.82) is 0 Å². The minimum atomic E-state index is -0.241. The third-order valence-corrected chi connectivity index (χ3v) is 6.93. The summed E-state index contributed by atoms with van der Waals surface area (Å²) in [5.74, 6) is 1.61. The highest BCUT2D eigenvalue weighted by molar-refractivity contribution is 9.11. The molecule has 0 unspecified atom stereocenters. The summed E-state index contributed by atoms with van der Waals surface area (Å²) in [6, 6.07) is 8.46. The van der Waals surface area contributed by atoms with E-state index in [0.717, 1.165) is 53.4 Å². The molecule has 0 bridgehead atoms. The highest BCUT2D eigenvalue weighted by Gasteiger charge is 2.27. The molecule has 2 nitrogen and oxygen atoms in total. The van der Waals surface area contributed by atoms with Crippen molar-refractivity contribution >= 4 is 63.7 Å². The molecule has 2 aromatic rings. The molecule has 0 aliphatic heterocycles. The summed E-state index contributed by atoms with van der Waals surface area (Å²) in [4.78, 5) is 0. The van der Waals surface area contributed by atoms with Gasteiger partial charge in [0.15, 0.2) is 0 Å². The van der Waals surface area contributed by atoms with Gasteiger partial charge in [-0.25, -0.2) is 0 Å². The first-order valence-corrected chi connectivity index (χ1v) is 12.4. The van der Waals surface area contributed by atoms with Crippen molar-refractivity contribution in [2.24, 2.45) is 0 Å². The predicted octanol–water partition coefficient (Wildman–Crippen LogP) is 8.97. The van der Waals surface area contributed by atoms with E-state index in [2.05, 4.69) is 115 Å². The van der Waals surface area contributed by atoms with Crippen LogP contribution in [0, 0.1) is 0 Å². The Morgan fingerprint density at radius 2 is 1.03 bits per heavy atom. The summed E-state index contributed by atoms with van der Waals surface area (Å²) in [7, 11) is 0. The van der Waals surface area contributed by atoms with E-state index in [-0.39, 0.29) is 5.41 Å². The van der Waals surface area contributed by atoms with Gasteiger partial charge in [-0.1, -0.05) is 26.0 Å². The summed E-state index contributed by atoms with van der Waals surface area (Å²) in [6.07, 6.45) is 5.30. The van der Waals surface area contributed by atoms with Crippen molar-refractivity contribution in [3.8, 4) is 11.5 Å². The quantitative estimate of drug-likeness (QED) is 0.189. The normalized spacial score (nSPS) is 11.2. The molecule has 0 saturated heterocycles. The van der Waals surface area contributed by atoms with Gasteiger partial charge in [0, 0.05) is 5.41 Å². The van der Waals surface area contributed by atoms with Crippen LogP contribution in [0.3, 0.4) is 0 Å². The fraction of sp³-hybridized carbons (Fsp3) is 0.304. The minimum Gasteiger partial charge on any atom is -0.491 e. The third kappa shape index (κ3) is 6.22. The van der Waals surface area contributed by atoms with E-state index in [4.69, 9.17) is 9.47 Å². The Balaban J connectivity index is 2.37. The molecule has 0 heterocycles. The maximum atomic E-state index is 5.88. The van der Waals surface area contributed by atoms with Crippen molar-refractivity contribution in [3.05, 3.63) is 78.6 Å². The molecule has 0 radical (unpaired) electrons. The van der Waals surface area contributed by atoms with Gasteiger partial charge < -0.3 is 9.47 Å². The molecule has 0 aromatic heterocycles. The molecule has 0 aliphatic rings. The molecule has 0 fully saturated rings. The summed E-state index contributed by atoms with van der Waals surface area (Å²) >= 11 is 14.7. The highest BCUT2D eigenvalue weighted by atomic mass is 79.9. The number of rotatable bonds is 10. The number of hydrogen-bond donors (Lipinski definition) is 0. The van der Waals surface area contributed by atoms with Gasteiger partial charge in [-0.2, -0.15) is 0 Å². The number of hydrogen-bond acceptors (Lipinski definition) is 2. The van der Waals surface area contributed by atoms with Crippen LogP contribution in [0.4, 0.5) is 0 Å². The molecule has 2 aromatic carbocycles. The van der Waals surface area contributed by atoms with E-state index in [1.54, 1.807) is 0 Å². The Morgan fingerprint density at radius 3 is 1.31 bits per heavy atom. The van der Waals surface area contributed by atoms with Gasteiger partial charge in [0.1, 0.15) is 11.5 Å². The summed E-state index contributed by atoms with van der Waals surface area (Å²) in [5.41, 5.74) is 2.08. The molecule has 2 rings (SSSR count). The average Bonchev–Trinajstić information content (AvgIpc) is 2.65. The van der Waals surface area contributed by atoms with E-state index in [1.165, 1.54) is 0 Å². The van der Waals surface area contributed by atoms with Crippen LogP contribution in [0.2, 0.25) is 0 Å². The monoisotopic (exact) mass is 648 g/mol. The maximum absolute atomic E-state index is 5.88. The smallest absolute Gasteiger partial charge is 0.147 e. The van der Waals surface area contributed by atoms with Gasteiger partial charge in [-0.05, 0) is 112 Å². The molecule has 0 N–H and O–H groups in total. The lowest BCUT2D eigenvalue weighted by atomic mass is 9.78. The fourth-order valence-electron chi connectivity index (χ4n) is 2.77. The molecule has 156 valence electrons. The van der Waals surface area contributed by atoms with Crippen LogP contribution in [-0.4, -0.2) is 13.2 Å². The van der Waals surface area contributed by atoms with Gasteiger partial charge in [0.2, 0.25) is 0 Å². The Bertz CT molecular complexity index is 773. The molecule has 0 aliphatic carbocycles. The Kier molecular flexibility index (Phi) is 9.52. The lowest BCUT2D eigenvalue weighted by molar-refractivity contribution is 0.320. The standard InChI is InChI=1S/C23H24Br4O2/c1-5-7-9-28-21-17(24)11-15(12-18(21)25)23(3,4)16-13-19(26)22(20(27)14-16)29-10-8-6-2/h5-6,11-14H,1-2,7-10H2,3-4H3. The van der Waals surface area contributed by atoms with Gasteiger partial charge in [-0.3, -0.25) is 0 Å². The van der Waals surface area contributed by atoms with Crippen molar-refractivity contribution in [2.75, 3.05) is 13.2 Å². The number of benzene rings is 2. The lowest BCUT2D eigenvalue weighted by Gasteiger charge is -2.28. The maximum Gasteiger partial charge on any atom is 0.147 e. The molecule has 0 atom stereocenters. The summed E-state index contributed by atoms with van der Waals surface area (Å²) < 4.78 is 15.4. The Hall–Kier alpha value is -0.560. The molecule has 29 heavy (non-hydrogen) atoms.